The number of hydrogen-bond acceptors (Lipinski definition) is 1. The minimum atomic E-state index is -0.112. The van der Waals surface area contributed by atoms with Crippen LogP contribution in [-0.2, 0) is 0 Å². The highest BCUT2D eigenvalue weighted by Crippen LogP contribution is 2.28. The first-order chi connectivity index (χ1) is 9.93. The van der Waals surface area contributed by atoms with E-state index in [1.807, 2.05) is 26.0 Å². The van der Waals surface area contributed by atoms with Crippen molar-refractivity contribution in [2.24, 2.45) is 0 Å². The molecule has 2 rings (SSSR count). The summed E-state index contributed by atoms with van der Waals surface area (Å²) in [5.41, 5.74) is 4.88. The van der Waals surface area contributed by atoms with E-state index in [1.54, 1.807) is 0 Å². The third-order valence-electron chi connectivity index (χ3n) is 3.73. The molecule has 1 unspecified atom stereocenters. The molecule has 0 heterocycles. The zero-order chi connectivity index (χ0) is 15.6. The van der Waals surface area contributed by atoms with Crippen LogP contribution >= 0.6 is 15.9 Å². The molecule has 2 aromatic rings. The second-order valence-electron chi connectivity index (χ2n) is 5.47. The van der Waals surface area contributed by atoms with Crippen LogP contribution in [0.25, 0.3) is 0 Å². The van der Waals surface area contributed by atoms with E-state index in [0.717, 1.165) is 16.6 Å². The Balaban J connectivity index is 2.50. The van der Waals surface area contributed by atoms with Gasteiger partial charge in [0.05, 0.1) is 6.04 Å². The van der Waals surface area contributed by atoms with Crippen molar-refractivity contribution in [2.75, 3.05) is 6.54 Å². The molecule has 0 fully saturated rings. The highest BCUT2D eigenvalue weighted by Gasteiger charge is 2.16. The summed E-state index contributed by atoms with van der Waals surface area (Å²) in [5, 5.41) is 3.49. The molecule has 1 atom stereocenters. The second kappa shape index (κ2) is 6.71. The fraction of sp³-hybridized carbons (Fsp3) is 0.333. The Morgan fingerprint density at radius 2 is 1.62 bits per heavy atom. The standard InChI is InChI=1S/C18H21BrFN/c1-5-21-18(14-7-6-11(2)16(19)10-14)15-8-12(3)17(20)13(4)9-15/h6-10,18,21H,5H2,1-4H3. The molecule has 3 heteroatoms. The van der Waals surface area contributed by atoms with Crippen LogP contribution in [0.4, 0.5) is 4.39 Å². The van der Waals surface area contributed by atoms with Crippen molar-refractivity contribution in [1.29, 1.82) is 0 Å². The molecule has 0 saturated carbocycles. The molecular weight excluding hydrogens is 329 g/mol. The predicted octanol–water partition coefficient (Wildman–Crippen LogP) is 5.21. The van der Waals surface area contributed by atoms with Crippen LogP contribution in [0.15, 0.2) is 34.8 Å². The van der Waals surface area contributed by atoms with Crippen molar-refractivity contribution in [3.63, 3.8) is 0 Å². The Labute approximate surface area is 134 Å². The van der Waals surface area contributed by atoms with Crippen molar-refractivity contribution in [3.05, 3.63) is 68.4 Å². The van der Waals surface area contributed by atoms with Gasteiger partial charge in [-0.2, -0.15) is 0 Å². The highest BCUT2D eigenvalue weighted by molar-refractivity contribution is 9.10. The molecule has 21 heavy (non-hydrogen) atoms. The van der Waals surface area contributed by atoms with Crippen LogP contribution in [-0.4, -0.2) is 6.54 Å². The fourth-order valence-electron chi connectivity index (χ4n) is 2.57. The number of aryl methyl sites for hydroxylation is 3. The van der Waals surface area contributed by atoms with Crippen molar-refractivity contribution >= 4 is 15.9 Å². The van der Waals surface area contributed by atoms with Gasteiger partial charge in [-0.25, -0.2) is 4.39 Å². The van der Waals surface area contributed by atoms with Gasteiger partial charge < -0.3 is 5.32 Å². The molecule has 0 spiro atoms. The maximum Gasteiger partial charge on any atom is 0.129 e. The van der Waals surface area contributed by atoms with E-state index in [0.29, 0.717) is 11.1 Å². The van der Waals surface area contributed by atoms with Crippen LogP contribution in [0.1, 0.15) is 40.8 Å². The summed E-state index contributed by atoms with van der Waals surface area (Å²) in [6, 6.07) is 10.3. The molecule has 1 N–H and O–H groups in total. The van der Waals surface area contributed by atoms with Gasteiger partial charge in [-0.3, -0.25) is 0 Å². The Morgan fingerprint density at radius 1 is 1.00 bits per heavy atom. The summed E-state index contributed by atoms with van der Waals surface area (Å²) >= 11 is 3.59. The number of rotatable bonds is 4. The molecule has 0 aliphatic carbocycles. The van der Waals surface area contributed by atoms with Crippen LogP contribution in [0, 0.1) is 26.6 Å². The third-order valence-corrected chi connectivity index (χ3v) is 4.58. The Kier molecular flexibility index (Phi) is 5.17. The van der Waals surface area contributed by atoms with Gasteiger partial charge in [0.25, 0.3) is 0 Å². The summed E-state index contributed by atoms with van der Waals surface area (Å²) in [6.45, 7) is 8.65. The molecule has 112 valence electrons. The van der Waals surface area contributed by atoms with Gasteiger partial charge in [0.15, 0.2) is 0 Å². The number of hydrogen-bond donors (Lipinski definition) is 1. The van der Waals surface area contributed by atoms with Gasteiger partial charge in [0, 0.05) is 4.47 Å². The van der Waals surface area contributed by atoms with Crippen molar-refractivity contribution < 1.29 is 4.39 Å². The fourth-order valence-corrected chi connectivity index (χ4v) is 2.96. The van der Waals surface area contributed by atoms with Gasteiger partial charge in [-0.05, 0) is 61.2 Å². The predicted molar refractivity (Wildman–Crippen MR) is 90.3 cm³/mol. The Bertz CT molecular complexity index is 629. The maximum atomic E-state index is 13.9. The highest BCUT2D eigenvalue weighted by atomic mass is 79.9. The lowest BCUT2D eigenvalue weighted by Gasteiger charge is -2.21. The summed E-state index contributed by atoms with van der Waals surface area (Å²) in [4.78, 5) is 0. The summed E-state index contributed by atoms with van der Waals surface area (Å²) in [6.07, 6.45) is 0. The van der Waals surface area contributed by atoms with Crippen molar-refractivity contribution in [2.45, 2.75) is 33.7 Å². The summed E-state index contributed by atoms with van der Waals surface area (Å²) < 4.78 is 14.9. The quantitative estimate of drug-likeness (QED) is 0.798. The van der Waals surface area contributed by atoms with Gasteiger partial charge in [-0.1, -0.05) is 47.1 Å². The molecule has 0 aliphatic rings. The van der Waals surface area contributed by atoms with Gasteiger partial charge in [-0.15, -0.1) is 0 Å². The Hall–Kier alpha value is -1.19. The minimum Gasteiger partial charge on any atom is -0.307 e. The number of halogens is 2. The van der Waals surface area contributed by atoms with Crippen molar-refractivity contribution in [1.82, 2.24) is 5.32 Å². The lowest BCUT2D eigenvalue weighted by atomic mass is 9.94. The Morgan fingerprint density at radius 3 is 2.14 bits per heavy atom. The number of benzene rings is 2. The lowest BCUT2D eigenvalue weighted by molar-refractivity contribution is 0.598. The number of nitrogens with one attached hydrogen (secondary N) is 1. The van der Waals surface area contributed by atoms with Crippen LogP contribution < -0.4 is 5.32 Å². The van der Waals surface area contributed by atoms with Crippen LogP contribution in [0.3, 0.4) is 0 Å². The summed E-state index contributed by atoms with van der Waals surface area (Å²) in [5.74, 6) is -0.112. The van der Waals surface area contributed by atoms with E-state index in [1.165, 1.54) is 11.1 Å². The molecule has 0 bridgehead atoms. The molecule has 1 nitrogen and oxygen atoms in total. The smallest absolute Gasteiger partial charge is 0.129 e. The first-order valence-electron chi connectivity index (χ1n) is 7.20. The minimum absolute atomic E-state index is 0.0740. The first-order valence-corrected chi connectivity index (χ1v) is 7.99. The van der Waals surface area contributed by atoms with E-state index in [4.69, 9.17) is 0 Å². The second-order valence-corrected chi connectivity index (χ2v) is 6.32. The molecule has 0 aliphatic heterocycles. The lowest BCUT2D eigenvalue weighted by Crippen LogP contribution is -2.22. The third kappa shape index (κ3) is 3.53. The molecule has 0 amide bonds. The molecular formula is C18H21BrFN. The van der Waals surface area contributed by atoms with E-state index in [2.05, 4.69) is 53.3 Å². The van der Waals surface area contributed by atoms with Gasteiger partial charge in [0.1, 0.15) is 5.82 Å². The van der Waals surface area contributed by atoms with E-state index >= 15 is 0 Å². The van der Waals surface area contributed by atoms with Crippen molar-refractivity contribution in [3.8, 4) is 0 Å². The maximum absolute atomic E-state index is 13.9. The monoisotopic (exact) mass is 349 g/mol. The van der Waals surface area contributed by atoms with Gasteiger partial charge in [0.2, 0.25) is 0 Å². The normalized spacial score (nSPS) is 12.5. The average Bonchev–Trinajstić information content (AvgIpc) is 2.45. The zero-order valence-electron chi connectivity index (χ0n) is 12.9. The zero-order valence-corrected chi connectivity index (χ0v) is 14.5. The van der Waals surface area contributed by atoms with E-state index in [-0.39, 0.29) is 11.9 Å². The first kappa shape index (κ1) is 16.2. The van der Waals surface area contributed by atoms with Crippen LogP contribution in [0.5, 0.6) is 0 Å². The van der Waals surface area contributed by atoms with Crippen LogP contribution in [0.2, 0.25) is 0 Å². The van der Waals surface area contributed by atoms with E-state index in [9.17, 15) is 4.39 Å². The molecule has 0 radical (unpaired) electrons. The largest absolute Gasteiger partial charge is 0.307 e. The summed E-state index contributed by atoms with van der Waals surface area (Å²) in [7, 11) is 0. The molecule has 2 aromatic carbocycles. The van der Waals surface area contributed by atoms with E-state index < -0.39 is 0 Å². The molecule has 0 aromatic heterocycles. The molecule has 0 saturated heterocycles. The SMILES string of the molecule is CCNC(c1cc(C)c(F)c(C)c1)c1ccc(C)c(Br)c1. The topological polar surface area (TPSA) is 12.0 Å². The van der Waals surface area contributed by atoms with Gasteiger partial charge >= 0.3 is 0 Å². The average molecular weight is 350 g/mol.